The average molecular weight is 777 g/mol. The Morgan fingerprint density at radius 1 is 1.02 bits per heavy atom. The molecule has 1 aromatic rings. The number of likely N-dealkylation sites (tertiary alicyclic amines) is 1. The van der Waals surface area contributed by atoms with Gasteiger partial charge < -0.3 is 26.2 Å². The smallest absolute Gasteiger partial charge is 0.315 e. The lowest BCUT2D eigenvalue weighted by Gasteiger charge is -2.39. The van der Waals surface area contributed by atoms with Crippen LogP contribution in [0.1, 0.15) is 74.7 Å². The minimum absolute atomic E-state index is 0.0333. The molecule has 2 aliphatic carbocycles. The number of halogens is 1. The maximum Gasteiger partial charge on any atom is 0.315 e. The summed E-state index contributed by atoms with van der Waals surface area (Å²) < 4.78 is 28.0. The van der Waals surface area contributed by atoms with E-state index in [1.54, 1.807) is 12.1 Å². The van der Waals surface area contributed by atoms with Gasteiger partial charge in [0, 0.05) is 32.7 Å². The van der Waals surface area contributed by atoms with Gasteiger partial charge in [-0.2, -0.15) is 4.31 Å². The molecule has 1 aliphatic heterocycles. The van der Waals surface area contributed by atoms with Crippen molar-refractivity contribution in [1.29, 1.82) is 0 Å². The Labute approximate surface area is 319 Å². The Hall–Kier alpha value is -3.49. The number of rotatable bonds is 15. The molecule has 5 amide bonds. The first-order chi connectivity index (χ1) is 24.4. The summed E-state index contributed by atoms with van der Waals surface area (Å²) in [6.07, 6.45) is 3.61. The number of Topliss-reactive ketones (excluding diaryl/α,β-unsaturated/α-hetero) is 1. The highest BCUT2D eigenvalue weighted by molar-refractivity contribution is 7.89. The Morgan fingerprint density at radius 2 is 1.64 bits per heavy atom. The summed E-state index contributed by atoms with van der Waals surface area (Å²) in [6, 6.07) is 1.76. The highest BCUT2D eigenvalue weighted by Crippen LogP contribution is 2.65. The summed E-state index contributed by atoms with van der Waals surface area (Å²) in [6.45, 7) is 19.0. The number of nitrogens with one attached hydrogen (secondary N) is 4. The Bertz CT molecular complexity index is 1720. The summed E-state index contributed by atoms with van der Waals surface area (Å²) in [5, 5.41) is 11.2. The van der Waals surface area contributed by atoms with Gasteiger partial charge in [0.25, 0.3) is 5.91 Å². The van der Waals surface area contributed by atoms with Gasteiger partial charge in [0.15, 0.2) is 0 Å². The van der Waals surface area contributed by atoms with Crippen LogP contribution in [0.4, 0.5) is 4.79 Å². The third-order valence-electron chi connectivity index (χ3n) is 11.0. The fraction of sp³-hybridized carbons (Fsp3) is 0.658. The molecule has 0 bridgehead atoms. The summed E-state index contributed by atoms with van der Waals surface area (Å²) in [5.74, 6) is -2.40. The number of piperidine rings is 1. The highest BCUT2D eigenvalue weighted by Gasteiger charge is 2.70. The number of carbonyl (C=O) groups excluding carboxylic acids is 5. The molecule has 1 unspecified atom stereocenters. The van der Waals surface area contributed by atoms with E-state index in [9.17, 15) is 32.4 Å². The number of amides is 5. The minimum atomic E-state index is -4.00. The molecule has 294 valence electrons. The predicted octanol–water partition coefficient (Wildman–Crippen LogP) is 3.73. The SMILES string of the molecule is C=CCNC(=O)C(=O)C(CC1CC1)NC(=O)[C@@H]1[C@@H]2[C@H](CN1C(=O)[C@@H](NC(=O)N[C@H](CN(C)S(=O)(=O)c1ccccc1Cl)C(C)(C)C)C(C)(C)C)C2(C)C. The summed E-state index contributed by atoms with van der Waals surface area (Å²) >= 11 is 6.21. The first kappa shape index (κ1) is 42.3. The molecule has 0 aromatic heterocycles. The van der Waals surface area contributed by atoms with E-state index in [4.69, 9.17) is 11.6 Å². The van der Waals surface area contributed by atoms with Gasteiger partial charge in [-0.25, -0.2) is 13.2 Å². The largest absolute Gasteiger partial charge is 0.346 e. The molecular weight excluding hydrogens is 720 g/mol. The Morgan fingerprint density at radius 3 is 2.19 bits per heavy atom. The Balaban J connectivity index is 1.53. The zero-order valence-electron chi connectivity index (χ0n) is 32.4. The molecule has 4 rings (SSSR count). The monoisotopic (exact) mass is 776 g/mol. The molecule has 1 heterocycles. The maximum absolute atomic E-state index is 14.5. The molecule has 1 aromatic carbocycles. The Kier molecular flexibility index (Phi) is 12.5. The number of nitrogens with zero attached hydrogens (tertiary/aromatic N) is 2. The van der Waals surface area contributed by atoms with Crippen LogP contribution in [0.25, 0.3) is 0 Å². The van der Waals surface area contributed by atoms with Gasteiger partial charge in [-0.05, 0) is 52.6 Å². The van der Waals surface area contributed by atoms with Crippen LogP contribution in [0.2, 0.25) is 5.02 Å². The number of urea groups is 1. The first-order valence-corrected chi connectivity index (χ1v) is 20.1. The number of ketones is 1. The lowest BCUT2D eigenvalue weighted by molar-refractivity contribution is -0.145. The lowest BCUT2D eigenvalue weighted by atomic mass is 9.85. The van der Waals surface area contributed by atoms with Crippen molar-refractivity contribution < 1.29 is 32.4 Å². The normalized spacial score (nSPS) is 22.5. The quantitative estimate of drug-likeness (QED) is 0.155. The van der Waals surface area contributed by atoms with Gasteiger partial charge in [0.1, 0.15) is 17.0 Å². The van der Waals surface area contributed by atoms with Crippen LogP contribution in [0.5, 0.6) is 0 Å². The zero-order chi connectivity index (χ0) is 39.8. The molecular formula is C38H57ClN6O7S. The van der Waals surface area contributed by atoms with Gasteiger partial charge in [-0.3, -0.25) is 19.2 Å². The molecule has 1 saturated heterocycles. The average Bonchev–Trinajstić information content (AvgIpc) is 3.91. The van der Waals surface area contributed by atoms with Crippen LogP contribution in [0, 0.1) is 34.0 Å². The van der Waals surface area contributed by atoms with E-state index in [0.29, 0.717) is 13.0 Å². The van der Waals surface area contributed by atoms with Crippen molar-refractivity contribution in [3.05, 3.63) is 41.9 Å². The van der Waals surface area contributed by atoms with Gasteiger partial charge in [0.2, 0.25) is 27.6 Å². The molecule has 0 spiro atoms. The van der Waals surface area contributed by atoms with Crippen molar-refractivity contribution in [2.75, 3.05) is 26.7 Å². The molecule has 2 saturated carbocycles. The highest BCUT2D eigenvalue weighted by atomic mass is 35.5. The summed E-state index contributed by atoms with van der Waals surface area (Å²) in [4.78, 5) is 69.6. The second kappa shape index (κ2) is 15.7. The number of hydrogen-bond donors (Lipinski definition) is 4. The first-order valence-electron chi connectivity index (χ1n) is 18.2. The van der Waals surface area contributed by atoms with Crippen LogP contribution in [0.3, 0.4) is 0 Å². The molecule has 13 nitrogen and oxygen atoms in total. The molecule has 3 aliphatic rings. The number of hydrogen-bond acceptors (Lipinski definition) is 7. The molecule has 6 atom stereocenters. The van der Waals surface area contributed by atoms with E-state index >= 15 is 0 Å². The van der Waals surface area contributed by atoms with Gasteiger partial charge >= 0.3 is 6.03 Å². The van der Waals surface area contributed by atoms with Crippen LogP contribution in [-0.2, 0) is 29.2 Å². The van der Waals surface area contributed by atoms with Crippen molar-refractivity contribution in [3.8, 4) is 0 Å². The van der Waals surface area contributed by atoms with Gasteiger partial charge in [-0.15, -0.1) is 6.58 Å². The second-order valence-electron chi connectivity index (χ2n) is 17.5. The van der Waals surface area contributed by atoms with Crippen molar-refractivity contribution in [3.63, 3.8) is 0 Å². The van der Waals surface area contributed by atoms with E-state index in [-0.39, 0.29) is 46.2 Å². The van der Waals surface area contributed by atoms with Gasteiger partial charge in [-0.1, -0.05) is 98.0 Å². The third kappa shape index (κ3) is 9.61. The van der Waals surface area contributed by atoms with Crippen molar-refractivity contribution >= 4 is 51.2 Å². The number of carbonyl (C=O) groups is 5. The van der Waals surface area contributed by atoms with E-state index < -0.39 is 74.6 Å². The van der Waals surface area contributed by atoms with E-state index in [1.165, 1.54) is 30.2 Å². The number of sulfonamides is 1. The summed E-state index contributed by atoms with van der Waals surface area (Å²) in [5.41, 5.74) is -1.63. The van der Waals surface area contributed by atoms with E-state index in [1.807, 2.05) is 55.4 Å². The minimum Gasteiger partial charge on any atom is -0.346 e. The zero-order valence-corrected chi connectivity index (χ0v) is 34.0. The molecule has 3 fully saturated rings. The van der Waals surface area contributed by atoms with Crippen molar-refractivity contribution in [2.24, 2.45) is 34.0 Å². The maximum atomic E-state index is 14.5. The van der Waals surface area contributed by atoms with E-state index in [2.05, 4.69) is 27.8 Å². The molecule has 15 heteroatoms. The summed E-state index contributed by atoms with van der Waals surface area (Å²) in [7, 11) is -2.58. The second-order valence-corrected chi connectivity index (χ2v) is 20.0. The number of likely N-dealkylation sites (N-methyl/N-ethyl adjacent to an activating group) is 1. The molecule has 53 heavy (non-hydrogen) atoms. The van der Waals surface area contributed by atoms with Crippen LogP contribution >= 0.6 is 11.6 Å². The molecule has 0 radical (unpaired) electrons. The standard InChI is InChI=1S/C38H57ClN6O7S/c1-11-18-40-33(48)30(46)25(19-22-16-17-22)41-32(47)29-28-23(38(28,8)9)20-45(29)34(49)31(37(5,6)7)43-35(50)42-27(36(2,3)4)21-44(10)53(51,52)26-15-13-12-14-24(26)39/h11-15,22-23,25,27-29,31H,1,16-21H2,2-10H3,(H,40,48)(H,41,47)(H2,42,43,50)/t23-,25?,27+,28-,29-,31+/m0/s1. The fourth-order valence-electron chi connectivity index (χ4n) is 7.26. The van der Waals surface area contributed by atoms with Crippen LogP contribution in [-0.4, -0.2) is 98.0 Å². The fourth-order valence-corrected chi connectivity index (χ4v) is 8.93. The van der Waals surface area contributed by atoms with Crippen molar-refractivity contribution in [2.45, 2.75) is 104 Å². The molecule has 4 N–H and O–H groups in total. The predicted molar refractivity (Wildman–Crippen MR) is 203 cm³/mol. The van der Waals surface area contributed by atoms with Crippen LogP contribution < -0.4 is 21.3 Å². The van der Waals surface area contributed by atoms with Gasteiger partial charge in [0.05, 0.1) is 11.1 Å². The van der Waals surface area contributed by atoms with E-state index in [0.717, 1.165) is 17.1 Å². The topological polar surface area (TPSA) is 174 Å². The van der Waals surface area contributed by atoms with Crippen molar-refractivity contribution in [1.82, 2.24) is 30.5 Å². The third-order valence-corrected chi connectivity index (χ3v) is 13.3. The number of benzene rings is 1. The number of fused-ring (bicyclic) bond motifs is 1. The lowest BCUT2D eigenvalue weighted by Crippen LogP contribution is -2.62. The van der Waals surface area contributed by atoms with Crippen LogP contribution in [0.15, 0.2) is 41.8 Å².